The van der Waals surface area contributed by atoms with Crippen molar-refractivity contribution in [1.29, 1.82) is 0 Å². The van der Waals surface area contributed by atoms with Gasteiger partial charge in [-0.05, 0) is 44.5 Å². The first-order valence-corrected chi connectivity index (χ1v) is 10.4. The number of anilines is 2. The molecule has 6 heteroatoms. The van der Waals surface area contributed by atoms with E-state index in [1.165, 1.54) is 11.3 Å². The van der Waals surface area contributed by atoms with Crippen LogP contribution in [0.1, 0.15) is 18.9 Å². The van der Waals surface area contributed by atoms with Gasteiger partial charge in [-0.25, -0.2) is 0 Å². The van der Waals surface area contributed by atoms with Gasteiger partial charge in [-0.1, -0.05) is 47.6 Å². The average molecular weight is 392 g/mol. The van der Waals surface area contributed by atoms with Gasteiger partial charge in [0, 0.05) is 43.5 Å². The number of piperazine rings is 1. The number of nitrogens with one attached hydrogen (secondary N) is 1. The summed E-state index contributed by atoms with van der Waals surface area (Å²) in [5.74, 6) is 0.620. The molecule has 6 nitrogen and oxygen atoms in total. The molecule has 2 heterocycles. The second-order valence-corrected chi connectivity index (χ2v) is 7.75. The van der Waals surface area contributed by atoms with Crippen molar-refractivity contribution < 1.29 is 4.52 Å². The van der Waals surface area contributed by atoms with E-state index in [9.17, 15) is 0 Å². The molecular formula is C23H29N5O. The fourth-order valence-electron chi connectivity index (χ4n) is 3.92. The molecule has 1 aliphatic heterocycles. The van der Waals surface area contributed by atoms with E-state index in [0.29, 0.717) is 17.9 Å². The SMILES string of the molecule is Cc1cccc(N2CCN(CCCNc3nc(-c4ccccc4)no3)C[C@@H]2C)c1. The first-order valence-electron chi connectivity index (χ1n) is 10.4. The van der Waals surface area contributed by atoms with E-state index in [1.807, 2.05) is 30.3 Å². The third-order valence-electron chi connectivity index (χ3n) is 5.43. The zero-order chi connectivity index (χ0) is 20.1. The van der Waals surface area contributed by atoms with E-state index in [-0.39, 0.29) is 0 Å². The summed E-state index contributed by atoms with van der Waals surface area (Å²) in [5, 5.41) is 7.29. The van der Waals surface area contributed by atoms with Crippen LogP contribution in [0.25, 0.3) is 11.4 Å². The molecule has 1 saturated heterocycles. The number of hydrogen-bond acceptors (Lipinski definition) is 6. The van der Waals surface area contributed by atoms with Crippen LogP contribution in [-0.4, -0.2) is 53.8 Å². The van der Waals surface area contributed by atoms with Gasteiger partial charge in [0.25, 0.3) is 0 Å². The molecule has 1 N–H and O–H groups in total. The van der Waals surface area contributed by atoms with E-state index < -0.39 is 0 Å². The second kappa shape index (κ2) is 9.09. The van der Waals surface area contributed by atoms with Crippen LogP contribution in [0.3, 0.4) is 0 Å². The third-order valence-corrected chi connectivity index (χ3v) is 5.43. The standard InChI is InChI=1S/C23H29N5O/c1-18-8-6-11-21(16-18)28-15-14-27(17-19(28)2)13-7-12-24-23-25-22(26-29-23)20-9-4-3-5-10-20/h3-6,8-11,16,19H,7,12-15,17H2,1-2H3,(H,24,25,26)/t19-/m0/s1. The van der Waals surface area contributed by atoms with Gasteiger partial charge < -0.3 is 14.7 Å². The van der Waals surface area contributed by atoms with Crippen LogP contribution in [0, 0.1) is 6.92 Å². The summed E-state index contributed by atoms with van der Waals surface area (Å²) in [5.41, 5.74) is 3.62. The zero-order valence-electron chi connectivity index (χ0n) is 17.2. The van der Waals surface area contributed by atoms with Crippen LogP contribution < -0.4 is 10.2 Å². The van der Waals surface area contributed by atoms with Crippen molar-refractivity contribution in [2.75, 3.05) is 42.9 Å². The van der Waals surface area contributed by atoms with Crippen LogP contribution in [0.4, 0.5) is 11.7 Å². The summed E-state index contributed by atoms with van der Waals surface area (Å²) < 4.78 is 5.31. The molecule has 1 atom stereocenters. The zero-order valence-corrected chi connectivity index (χ0v) is 17.2. The Balaban J connectivity index is 1.21. The molecule has 1 fully saturated rings. The lowest BCUT2D eigenvalue weighted by Gasteiger charge is -2.41. The van der Waals surface area contributed by atoms with Crippen LogP contribution in [0.5, 0.6) is 0 Å². The maximum Gasteiger partial charge on any atom is 0.321 e. The molecule has 1 aromatic heterocycles. The normalized spacial score (nSPS) is 17.4. The van der Waals surface area contributed by atoms with Crippen LogP contribution >= 0.6 is 0 Å². The predicted octanol–water partition coefficient (Wildman–Crippen LogP) is 4.06. The molecular weight excluding hydrogens is 362 g/mol. The van der Waals surface area contributed by atoms with Gasteiger partial charge in [0.15, 0.2) is 0 Å². The van der Waals surface area contributed by atoms with Crippen molar-refractivity contribution in [3.8, 4) is 11.4 Å². The summed E-state index contributed by atoms with van der Waals surface area (Å²) in [6.07, 6.45) is 1.04. The fraction of sp³-hybridized carbons (Fsp3) is 0.391. The predicted molar refractivity (Wildman–Crippen MR) is 117 cm³/mol. The van der Waals surface area contributed by atoms with Crippen molar-refractivity contribution in [3.05, 3.63) is 60.2 Å². The van der Waals surface area contributed by atoms with Gasteiger partial charge in [-0.2, -0.15) is 4.98 Å². The van der Waals surface area contributed by atoms with Gasteiger partial charge in [-0.15, -0.1) is 0 Å². The molecule has 152 valence electrons. The third kappa shape index (κ3) is 4.95. The Kier molecular flexibility index (Phi) is 6.10. The molecule has 0 saturated carbocycles. The lowest BCUT2D eigenvalue weighted by Crippen LogP contribution is -2.52. The van der Waals surface area contributed by atoms with E-state index in [4.69, 9.17) is 4.52 Å². The topological polar surface area (TPSA) is 57.4 Å². The molecule has 0 spiro atoms. The van der Waals surface area contributed by atoms with Crippen LogP contribution in [-0.2, 0) is 0 Å². The largest absolute Gasteiger partial charge is 0.366 e. The van der Waals surface area contributed by atoms with Gasteiger partial charge in [-0.3, -0.25) is 4.90 Å². The van der Waals surface area contributed by atoms with Gasteiger partial charge in [0.1, 0.15) is 0 Å². The first kappa shape index (κ1) is 19.5. The maximum atomic E-state index is 5.31. The highest BCUT2D eigenvalue weighted by molar-refractivity contribution is 5.55. The fourth-order valence-corrected chi connectivity index (χ4v) is 3.92. The monoisotopic (exact) mass is 391 g/mol. The molecule has 0 radical (unpaired) electrons. The molecule has 1 aliphatic rings. The summed E-state index contributed by atoms with van der Waals surface area (Å²) in [7, 11) is 0. The minimum Gasteiger partial charge on any atom is -0.366 e. The van der Waals surface area contributed by atoms with E-state index in [1.54, 1.807) is 0 Å². The van der Waals surface area contributed by atoms with Gasteiger partial charge >= 0.3 is 6.01 Å². The summed E-state index contributed by atoms with van der Waals surface area (Å²) in [4.78, 5) is 9.48. The molecule has 0 amide bonds. The van der Waals surface area contributed by atoms with Crippen molar-refractivity contribution in [2.45, 2.75) is 26.3 Å². The molecule has 0 unspecified atom stereocenters. The average Bonchev–Trinajstić information content (AvgIpc) is 3.21. The number of aryl methyl sites for hydroxylation is 1. The minimum absolute atomic E-state index is 0.487. The highest BCUT2D eigenvalue weighted by Crippen LogP contribution is 2.22. The van der Waals surface area contributed by atoms with Crippen molar-refractivity contribution in [1.82, 2.24) is 15.0 Å². The Hall–Kier alpha value is -2.86. The van der Waals surface area contributed by atoms with Crippen molar-refractivity contribution >= 4 is 11.7 Å². The number of hydrogen-bond donors (Lipinski definition) is 1. The molecule has 2 aromatic carbocycles. The highest BCUT2D eigenvalue weighted by atomic mass is 16.5. The van der Waals surface area contributed by atoms with Crippen molar-refractivity contribution in [3.63, 3.8) is 0 Å². The quantitative estimate of drug-likeness (QED) is 0.613. The Bertz CT molecular complexity index is 910. The second-order valence-electron chi connectivity index (χ2n) is 7.75. The number of nitrogens with zero attached hydrogens (tertiary/aromatic N) is 4. The number of rotatable bonds is 7. The van der Waals surface area contributed by atoms with Crippen LogP contribution in [0.15, 0.2) is 59.1 Å². The minimum atomic E-state index is 0.487. The van der Waals surface area contributed by atoms with Gasteiger partial charge in [0.2, 0.25) is 5.82 Å². The van der Waals surface area contributed by atoms with E-state index in [0.717, 1.165) is 44.7 Å². The lowest BCUT2D eigenvalue weighted by atomic mass is 10.1. The molecule has 4 rings (SSSR count). The molecule has 29 heavy (non-hydrogen) atoms. The molecule has 0 bridgehead atoms. The smallest absolute Gasteiger partial charge is 0.321 e. The number of aromatic nitrogens is 2. The first-order chi connectivity index (χ1) is 14.2. The Morgan fingerprint density at radius 3 is 2.76 bits per heavy atom. The number of benzene rings is 2. The summed E-state index contributed by atoms with van der Waals surface area (Å²) >= 11 is 0. The Morgan fingerprint density at radius 2 is 1.97 bits per heavy atom. The van der Waals surface area contributed by atoms with E-state index in [2.05, 4.69) is 63.4 Å². The Morgan fingerprint density at radius 1 is 1.10 bits per heavy atom. The molecule has 3 aromatic rings. The van der Waals surface area contributed by atoms with Gasteiger partial charge in [0.05, 0.1) is 0 Å². The van der Waals surface area contributed by atoms with Crippen molar-refractivity contribution in [2.24, 2.45) is 0 Å². The van der Waals surface area contributed by atoms with Crippen LogP contribution in [0.2, 0.25) is 0 Å². The Labute approximate surface area is 172 Å². The maximum absolute atomic E-state index is 5.31. The lowest BCUT2D eigenvalue weighted by molar-refractivity contribution is 0.228. The highest BCUT2D eigenvalue weighted by Gasteiger charge is 2.23. The summed E-state index contributed by atoms with van der Waals surface area (Å²) in [6.45, 7) is 9.62. The summed E-state index contributed by atoms with van der Waals surface area (Å²) in [6, 6.07) is 19.7. The van der Waals surface area contributed by atoms with E-state index >= 15 is 0 Å². The molecule has 0 aliphatic carbocycles.